The van der Waals surface area contributed by atoms with Crippen LogP contribution in [0.25, 0.3) is 0 Å². The number of alkyl halides is 1. The minimum Gasteiger partial charge on any atom is -0.334 e. The highest BCUT2D eigenvalue weighted by atomic mass is 35.5. The van der Waals surface area contributed by atoms with Gasteiger partial charge in [0.2, 0.25) is 0 Å². The first kappa shape index (κ1) is 13.0. The van der Waals surface area contributed by atoms with Gasteiger partial charge in [-0.1, -0.05) is 6.07 Å². The largest absolute Gasteiger partial charge is 0.334 e. The topological polar surface area (TPSA) is 33.2 Å². The number of aromatic nitrogens is 1. The number of amides is 1. The van der Waals surface area contributed by atoms with Crippen molar-refractivity contribution in [2.75, 3.05) is 12.4 Å². The maximum absolute atomic E-state index is 12.1. The number of aryl methyl sites for hydroxylation is 1. The Bertz CT molecular complexity index is 366. The van der Waals surface area contributed by atoms with Crippen LogP contribution in [0.2, 0.25) is 0 Å². The molecule has 0 aliphatic rings. The molecule has 0 aromatic carbocycles. The molecule has 1 heterocycles. The zero-order chi connectivity index (χ0) is 12.1. The second kappa shape index (κ2) is 5.85. The Balaban J connectivity index is 2.90. The van der Waals surface area contributed by atoms with Crippen LogP contribution in [0.3, 0.4) is 0 Å². The predicted molar refractivity (Wildman–Crippen MR) is 65.9 cm³/mol. The molecule has 1 rings (SSSR count). The van der Waals surface area contributed by atoms with Crippen molar-refractivity contribution in [2.24, 2.45) is 0 Å². The summed E-state index contributed by atoms with van der Waals surface area (Å²) < 4.78 is 0. The first-order valence-electron chi connectivity index (χ1n) is 5.37. The SMILES string of the molecule is Cc1cccc(C(=O)N(CCCl)C(C)C)n1. The predicted octanol–water partition coefficient (Wildman–Crippen LogP) is 2.48. The maximum Gasteiger partial charge on any atom is 0.272 e. The summed E-state index contributed by atoms with van der Waals surface area (Å²) in [5.41, 5.74) is 1.33. The third-order valence-corrected chi connectivity index (χ3v) is 2.49. The van der Waals surface area contributed by atoms with Crippen molar-refractivity contribution >= 4 is 17.5 Å². The number of nitrogens with zero attached hydrogens (tertiary/aromatic N) is 2. The molecule has 0 atom stereocenters. The summed E-state index contributed by atoms with van der Waals surface area (Å²) >= 11 is 5.69. The Kier molecular flexibility index (Phi) is 4.74. The van der Waals surface area contributed by atoms with Gasteiger partial charge >= 0.3 is 0 Å². The molecule has 0 aliphatic heterocycles. The number of hydrogen-bond acceptors (Lipinski definition) is 2. The highest BCUT2D eigenvalue weighted by molar-refractivity contribution is 6.18. The fourth-order valence-electron chi connectivity index (χ4n) is 1.49. The number of pyridine rings is 1. The molecule has 1 aromatic heterocycles. The van der Waals surface area contributed by atoms with E-state index < -0.39 is 0 Å². The van der Waals surface area contributed by atoms with Gasteiger partial charge in [-0.15, -0.1) is 11.6 Å². The smallest absolute Gasteiger partial charge is 0.272 e. The van der Waals surface area contributed by atoms with Gasteiger partial charge < -0.3 is 4.90 Å². The second-order valence-corrected chi connectivity index (χ2v) is 4.32. The number of carbonyl (C=O) groups is 1. The Hall–Kier alpha value is -1.09. The number of halogens is 1. The lowest BCUT2D eigenvalue weighted by Crippen LogP contribution is -2.38. The van der Waals surface area contributed by atoms with Crippen LogP contribution < -0.4 is 0 Å². The summed E-state index contributed by atoms with van der Waals surface area (Å²) in [6.07, 6.45) is 0. The summed E-state index contributed by atoms with van der Waals surface area (Å²) in [5, 5.41) is 0. The summed E-state index contributed by atoms with van der Waals surface area (Å²) in [4.78, 5) is 18.1. The Labute approximate surface area is 101 Å². The monoisotopic (exact) mass is 240 g/mol. The zero-order valence-corrected chi connectivity index (χ0v) is 10.7. The van der Waals surface area contributed by atoms with Crippen LogP contribution in [0.5, 0.6) is 0 Å². The average molecular weight is 241 g/mol. The number of carbonyl (C=O) groups excluding carboxylic acids is 1. The van der Waals surface area contributed by atoms with Crippen molar-refractivity contribution in [2.45, 2.75) is 26.8 Å². The van der Waals surface area contributed by atoms with Gasteiger partial charge in [-0.05, 0) is 32.9 Å². The molecule has 0 radical (unpaired) electrons. The summed E-state index contributed by atoms with van der Waals surface area (Å²) in [6, 6.07) is 5.58. The first-order chi connectivity index (χ1) is 7.56. The van der Waals surface area contributed by atoms with Gasteiger partial charge in [0.15, 0.2) is 0 Å². The standard InChI is InChI=1S/C12H17ClN2O/c1-9(2)15(8-7-13)12(16)11-6-4-5-10(3)14-11/h4-6,9H,7-8H2,1-3H3. The molecule has 0 spiro atoms. The molecule has 1 aromatic rings. The molecular weight excluding hydrogens is 224 g/mol. The normalized spacial score (nSPS) is 10.6. The molecule has 0 unspecified atom stereocenters. The van der Waals surface area contributed by atoms with E-state index >= 15 is 0 Å². The lowest BCUT2D eigenvalue weighted by Gasteiger charge is -2.25. The van der Waals surface area contributed by atoms with E-state index in [1.54, 1.807) is 11.0 Å². The van der Waals surface area contributed by atoms with Crippen LogP contribution in [0, 0.1) is 6.92 Å². The molecule has 3 nitrogen and oxygen atoms in total. The Morgan fingerprint density at radius 1 is 1.50 bits per heavy atom. The van der Waals surface area contributed by atoms with Crippen LogP contribution in [0.1, 0.15) is 30.0 Å². The van der Waals surface area contributed by atoms with E-state index in [2.05, 4.69) is 4.98 Å². The molecule has 0 bridgehead atoms. The zero-order valence-electron chi connectivity index (χ0n) is 9.90. The molecule has 1 amide bonds. The molecule has 16 heavy (non-hydrogen) atoms. The molecule has 0 saturated heterocycles. The quantitative estimate of drug-likeness (QED) is 0.758. The van der Waals surface area contributed by atoms with Crippen molar-refractivity contribution in [3.8, 4) is 0 Å². The van der Waals surface area contributed by atoms with Gasteiger partial charge in [0.25, 0.3) is 5.91 Å². The molecule has 4 heteroatoms. The number of hydrogen-bond donors (Lipinski definition) is 0. The average Bonchev–Trinajstić information content (AvgIpc) is 2.24. The van der Waals surface area contributed by atoms with E-state index in [4.69, 9.17) is 11.6 Å². The maximum atomic E-state index is 12.1. The fourth-order valence-corrected chi connectivity index (χ4v) is 1.68. The van der Waals surface area contributed by atoms with E-state index in [-0.39, 0.29) is 11.9 Å². The van der Waals surface area contributed by atoms with E-state index in [1.165, 1.54) is 0 Å². The summed E-state index contributed by atoms with van der Waals surface area (Å²) in [7, 11) is 0. The van der Waals surface area contributed by atoms with Crippen LogP contribution in [-0.2, 0) is 0 Å². The van der Waals surface area contributed by atoms with Gasteiger partial charge in [0.05, 0.1) is 0 Å². The van der Waals surface area contributed by atoms with Crippen LogP contribution in [0.4, 0.5) is 0 Å². The van der Waals surface area contributed by atoms with Crippen molar-refractivity contribution in [3.05, 3.63) is 29.6 Å². The second-order valence-electron chi connectivity index (χ2n) is 3.95. The molecule has 0 N–H and O–H groups in total. The first-order valence-corrected chi connectivity index (χ1v) is 5.90. The van der Waals surface area contributed by atoms with Crippen LogP contribution >= 0.6 is 11.6 Å². The summed E-state index contributed by atoms with van der Waals surface area (Å²) in [5.74, 6) is 0.384. The third-order valence-electron chi connectivity index (χ3n) is 2.32. The van der Waals surface area contributed by atoms with Gasteiger partial charge in [-0.3, -0.25) is 4.79 Å². The van der Waals surface area contributed by atoms with Gasteiger partial charge in [0.1, 0.15) is 5.69 Å². The van der Waals surface area contributed by atoms with E-state index in [1.807, 2.05) is 32.9 Å². The van der Waals surface area contributed by atoms with Crippen molar-refractivity contribution < 1.29 is 4.79 Å². The van der Waals surface area contributed by atoms with Crippen molar-refractivity contribution in [1.29, 1.82) is 0 Å². The molecule has 0 saturated carbocycles. The van der Waals surface area contributed by atoms with Crippen molar-refractivity contribution in [3.63, 3.8) is 0 Å². The molecule has 0 aliphatic carbocycles. The van der Waals surface area contributed by atoms with E-state index in [9.17, 15) is 4.79 Å². The van der Waals surface area contributed by atoms with Gasteiger partial charge in [-0.2, -0.15) is 0 Å². The Morgan fingerprint density at radius 2 is 2.19 bits per heavy atom. The Morgan fingerprint density at radius 3 is 2.69 bits per heavy atom. The van der Waals surface area contributed by atoms with Crippen LogP contribution in [0.15, 0.2) is 18.2 Å². The van der Waals surface area contributed by atoms with E-state index in [0.717, 1.165) is 5.69 Å². The molecular formula is C12H17ClN2O. The van der Waals surface area contributed by atoms with Crippen molar-refractivity contribution in [1.82, 2.24) is 9.88 Å². The molecule has 88 valence electrons. The lowest BCUT2D eigenvalue weighted by atomic mass is 10.2. The van der Waals surface area contributed by atoms with Crippen LogP contribution in [-0.4, -0.2) is 34.3 Å². The van der Waals surface area contributed by atoms with Gasteiger partial charge in [0, 0.05) is 24.2 Å². The summed E-state index contributed by atoms with van der Waals surface area (Å²) in [6.45, 7) is 6.37. The molecule has 0 fully saturated rings. The fraction of sp³-hybridized carbons (Fsp3) is 0.500. The lowest BCUT2D eigenvalue weighted by molar-refractivity contribution is 0.0712. The minimum absolute atomic E-state index is 0.0562. The third kappa shape index (κ3) is 3.20. The highest BCUT2D eigenvalue weighted by Gasteiger charge is 2.18. The minimum atomic E-state index is -0.0562. The highest BCUT2D eigenvalue weighted by Crippen LogP contribution is 2.07. The van der Waals surface area contributed by atoms with Gasteiger partial charge in [-0.25, -0.2) is 4.98 Å². The number of rotatable bonds is 4. The van der Waals surface area contributed by atoms with E-state index in [0.29, 0.717) is 18.1 Å².